The summed E-state index contributed by atoms with van der Waals surface area (Å²) in [5, 5.41) is 2.53. The second-order valence-electron chi connectivity index (χ2n) is 6.32. The summed E-state index contributed by atoms with van der Waals surface area (Å²) in [6.45, 7) is 1.71. The molecule has 0 aromatic heterocycles. The lowest BCUT2D eigenvalue weighted by molar-refractivity contribution is -0.895. The van der Waals surface area contributed by atoms with E-state index in [0.717, 1.165) is 17.0 Å². The van der Waals surface area contributed by atoms with Crippen molar-refractivity contribution in [2.24, 2.45) is 0 Å². The number of amides is 1. The van der Waals surface area contributed by atoms with Gasteiger partial charge in [0.1, 0.15) is 0 Å². The Balaban J connectivity index is 1.53. The number of piperazine rings is 1. The van der Waals surface area contributed by atoms with Gasteiger partial charge in [-0.15, -0.1) is 0 Å². The molecule has 2 N–H and O–H groups in total. The van der Waals surface area contributed by atoms with Crippen LogP contribution in [0.1, 0.15) is 0 Å². The zero-order chi connectivity index (χ0) is 19.4. The number of nitrogens with zero attached hydrogens (tertiary/aromatic N) is 1. The van der Waals surface area contributed by atoms with Gasteiger partial charge in [-0.1, -0.05) is 18.2 Å². The van der Waals surface area contributed by atoms with Gasteiger partial charge in [0.05, 0.1) is 31.1 Å². The highest BCUT2D eigenvalue weighted by atomic mass is 32.2. The molecule has 0 unspecified atom stereocenters. The van der Waals surface area contributed by atoms with E-state index in [2.05, 4.69) is 5.32 Å². The van der Waals surface area contributed by atoms with Crippen molar-refractivity contribution in [1.82, 2.24) is 4.31 Å². The summed E-state index contributed by atoms with van der Waals surface area (Å²) < 4.78 is 52.7. The number of carbonyl (C=O) groups is 1. The molecule has 0 aliphatic carbocycles. The fourth-order valence-corrected chi connectivity index (χ4v) is 4.43. The van der Waals surface area contributed by atoms with E-state index in [1.807, 2.05) is 0 Å². The quantitative estimate of drug-likeness (QED) is 0.773. The molecule has 1 fully saturated rings. The summed E-state index contributed by atoms with van der Waals surface area (Å²) in [6.07, 6.45) is 0. The molecule has 144 valence electrons. The first kappa shape index (κ1) is 19.4. The van der Waals surface area contributed by atoms with E-state index >= 15 is 0 Å². The summed E-state index contributed by atoms with van der Waals surface area (Å²) in [6, 6.07) is 11.4. The lowest BCUT2D eigenvalue weighted by Gasteiger charge is -2.31. The van der Waals surface area contributed by atoms with Crippen molar-refractivity contribution in [3.63, 3.8) is 0 Å². The van der Waals surface area contributed by atoms with Crippen LogP contribution in [-0.4, -0.2) is 51.4 Å². The molecule has 2 aromatic rings. The van der Waals surface area contributed by atoms with Gasteiger partial charge in [0.2, 0.25) is 10.0 Å². The highest BCUT2D eigenvalue weighted by Gasteiger charge is 2.31. The zero-order valence-corrected chi connectivity index (χ0v) is 15.3. The maximum absolute atomic E-state index is 13.2. The van der Waals surface area contributed by atoms with Crippen LogP contribution in [0.4, 0.5) is 14.5 Å². The molecule has 3 rings (SSSR count). The average molecular weight is 396 g/mol. The van der Waals surface area contributed by atoms with E-state index in [1.165, 1.54) is 10.4 Å². The van der Waals surface area contributed by atoms with Crippen LogP contribution in [0.2, 0.25) is 0 Å². The van der Waals surface area contributed by atoms with E-state index in [0.29, 0.717) is 26.2 Å². The topological polar surface area (TPSA) is 70.9 Å². The molecular formula is C18H20F2N3O3S+. The van der Waals surface area contributed by atoms with Gasteiger partial charge in [-0.05, 0) is 24.3 Å². The maximum atomic E-state index is 13.2. The fraction of sp³-hybridized carbons (Fsp3) is 0.278. The van der Waals surface area contributed by atoms with Crippen LogP contribution in [0, 0.1) is 11.6 Å². The minimum atomic E-state index is -3.53. The molecule has 1 aliphatic rings. The Labute approximate surface area is 156 Å². The van der Waals surface area contributed by atoms with Crippen molar-refractivity contribution in [3.8, 4) is 0 Å². The third-order valence-electron chi connectivity index (χ3n) is 4.42. The van der Waals surface area contributed by atoms with Gasteiger partial charge in [-0.2, -0.15) is 4.31 Å². The van der Waals surface area contributed by atoms with E-state index in [-0.39, 0.29) is 23.0 Å². The SMILES string of the molecule is O=C(C[NH+]1CCN(S(=O)(=O)c2ccccc2)CC1)Nc1ccc(F)c(F)c1. The van der Waals surface area contributed by atoms with E-state index in [9.17, 15) is 22.0 Å². The largest absolute Gasteiger partial charge is 0.325 e. The molecule has 2 aromatic carbocycles. The molecule has 0 radical (unpaired) electrons. The molecule has 0 saturated carbocycles. The van der Waals surface area contributed by atoms with Gasteiger partial charge >= 0.3 is 0 Å². The minimum absolute atomic E-state index is 0.123. The highest BCUT2D eigenvalue weighted by molar-refractivity contribution is 7.89. The number of sulfonamides is 1. The normalized spacial score (nSPS) is 16.2. The van der Waals surface area contributed by atoms with E-state index in [1.54, 1.807) is 30.3 Å². The Morgan fingerprint density at radius 2 is 1.70 bits per heavy atom. The lowest BCUT2D eigenvalue weighted by Crippen LogP contribution is -3.15. The Morgan fingerprint density at radius 1 is 1.04 bits per heavy atom. The van der Waals surface area contributed by atoms with Crippen LogP contribution in [0.3, 0.4) is 0 Å². The molecule has 0 spiro atoms. The number of halogens is 2. The van der Waals surface area contributed by atoms with Gasteiger partial charge in [0.15, 0.2) is 18.2 Å². The Hall–Kier alpha value is -2.36. The predicted octanol–water partition coefficient (Wildman–Crippen LogP) is 0.493. The van der Waals surface area contributed by atoms with Crippen LogP contribution < -0.4 is 10.2 Å². The molecule has 27 heavy (non-hydrogen) atoms. The third kappa shape index (κ3) is 4.68. The molecular weight excluding hydrogens is 376 g/mol. The molecule has 9 heteroatoms. The van der Waals surface area contributed by atoms with E-state index in [4.69, 9.17) is 0 Å². The monoisotopic (exact) mass is 396 g/mol. The van der Waals surface area contributed by atoms with Crippen LogP contribution in [0.5, 0.6) is 0 Å². The first-order valence-electron chi connectivity index (χ1n) is 8.50. The second-order valence-corrected chi connectivity index (χ2v) is 8.26. The van der Waals surface area contributed by atoms with Gasteiger partial charge in [-0.3, -0.25) is 4.79 Å². The predicted molar refractivity (Wildman–Crippen MR) is 95.8 cm³/mol. The zero-order valence-electron chi connectivity index (χ0n) is 14.5. The summed E-state index contributed by atoms with van der Waals surface area (Å²) in [5.74, 6) is -2.34. The number of hydrogen-bond donors (Lipinski definition) is 2. The Morgan fingerprint density at radius 3 is 2.33 bits per heavy atom. The van der Waals surface area contributed by atoms with Crippen LogP contribution in [-0.2, 0) is 14.8 Å². The number of carbonyl (C=O) groups excluding carboxylic acids is 1. The fourth-order valence-electron chi connectivity index (χ4n) is 2.97. The maximum Gasteiger partial charge on any atom is 0.279 e. The minimum Gasteiger partial charge on any atom is -0.325 e. The first-order valence-corrected chi connectivity index (χ1v) is 9.94. The summed E-state index contributed by atoms with van der Waals surface area (Å²) in [5.41, 5.74) is 0.184. The summed E-state index contributed by atoms with van der Waals surface area (Å²) >= 11 is 0. The Bertz CT molecular complexity index is 915. The van der Waals surface area contributed by atoms with E-state index < -0.39 is 21.7 Å². The highest BCUT2D eigenvalue weighted by Crippen LogP contribution is 2.15. The number of quaternary nitrogens is 1. The van der Waals surface area contributed by atoms with Gasteiger partial charge in [-0.25, -0.2) is 17.2 Å². The number of rotatable bonds is 5. The average Bonchev–Trinajstić information content (AvgIpc) is 2.66. The van der Waals surface area contributed by atoms with Crippen LogP contribution in [0.15, 0.2) is 53.4 Å². The molecule has 0 atom stereocenters. The van der Waals surface area contributed by atoms with Gasteiger partial charge in [0, 0.05) is 11.8 Å². The molecule has 6 nitrogen and oxygen atoms in total. The number of anilines is 1. The standard InChI is InChI=1S/C18H19F2N3O3S/c19-16-7-6-14(12-17(16)20)21-18(24)13-22-8-10-23(11-9-22)27(25,26)15-4-2-1-3-5-15/h1-7,12H,8-11,13H2,(H,21,24)/p+1. The third-order valence-corrected chi connectivity index (χ3v) is 6.34. The van der Waals surface area contributed by atoms with Gasteiger partial charge < -0.3 is 10.2 Å². The van der Waals surface area contributed by atoms with Gasteiger partial charge in [0.25, 0.3) is 5.91 Å². The summed E-state index contributed by atoms with van der Waals surface area (Å²) in [7, 11) is -3.53. The number of nitrogens with one attached hydrogen (secondary N) is 2. The number of benzene rings is 2. The Kier molecular flexibility index (Phi) is 5.83. The smallest absolute Gasteiger partial charge is 0.279 e. The summed E-state index contributed by atoms with van der Waals surface area (Å²) in [4.78, 5) is 13.3. The van der Waals surface area contributed by atoms with Crippen molar-refractivity contribution >= 4 is 21.6 Å². The molecule has 1 aliphatic heterocycles. The lowest BCUT2D eigenvalue weighted by atomic mass is 10.3. The van der Waals surface area contributed by atoms with Crippen LogP contribution >= 0.6 is 0 Å². The molecule has 1 saturated heterocycles. The molecule has 0 bridgehead atoms. The number of hydrogen-bond acceptors (Lipinski definition) is 3. The molecule has 1 amide bonds. The van der Waals surface area contributed by atoms with Crippen molar-refractivity contribution in [2.45, 2.75) is 4.90 Å². The first-order chi connectivity index (χ1) is 12.9. The van der Waals surface area contributed by atoms with Crippen molar-refractivity contribution < 1.29 is 26.9 Å². The van der Waals surface area contributed by atoms with Crippen molar-refractivity contribution in [3.05, 3.63) is 60.2 Å². The second kappa shape index (κ2) is 8.12. The van der Waals surface area contributed by atoms with Crippen LogP contribution in [0.25, 0.3) is 0 Å². The molecule has 1 heterocycles. The van der Waals surface area contributed by atoms with Crippen molar-refractivity contribution in [2.75, 3.05) is 38.0 Å². The van der Waals surface area contributed by atoms with Crippen molar-refractivity contribution in [1.29, 1.82) is 0 Å².